The Balaban J connectivity index is 1.96. The van der Waals surface area contributed by atoms with Gasteiger partial charge in [-0.15, -0.1) is 0 Å². The molecule has 0 aliphatic rings. The van der Waals surface area contributed by atoms with Gasteiger partial charge in [-0.2, -0.15) is 0 Å². The summed E-state index contributed by atoms with van der Waals surface area (Å²) in [5.41, 5.74) is 2.80. The lowest BCUT2D eigenvalue weighted by Gasteiger charge is -2.21. The molecule has 0 atom stereocenters. The molecule has 2 amide bonds. The fraction of sp³-hybridized carbons (Fsp3) is 0.333. The molecule has 1 N–H and O–H groups in total. The summed E-state index contributed by atoms with van der Waals surface area (Å²) >= 11 is 0. The molecule has 2 aromatic carbocycles. The first-order valence-electron chi connectivity index (χ1n) is 8.71. The Morgan fingerprint density at radius 1 is 1.12 bits per heavy atom. The van der Waals surface area contributed by atoms with Gasteiger partial charge < -0.3 is 15.0 Å². The molecule has 0 saturated carbocycles. The number of hydrogen-bond donors (Lipinski definition) is 1. The first-order valence-corrected chi connectivity index (χ1v) is 8.71. The van der Waals surface area contributed by atoms with Crippen LogP contribution < -0.4 is 10.1 Å². The van der Waals surface area contributed by atoms with Crippen molar-refractivity contribution in [2.45, 2.75) is 40.3 Å². The number of nitrogens with one attached hydrogen (secondary N) is 1. The minimum absolute atomic E-state index is 0.00746. The van der Waals surface area contributed by atoms with Gasteiger partial charge in [-0.1, -0.05) is 29.8 Å². The van der Waals surface area contributed by atoms with Crippen LogP contribution in [0.2, 0.25) is 0 Å². The Morgan fingerprint density at radius 2 is 1.81 bits per heavy atom. The fourth-order valence-corrected chi connectivity index (χ4v) is 2.57. The van der Waals surface area contributed by atoms with Gasteiger partial charge in [0.25, 0.3) is 0 Å². The van der Waals surface area contributed by atoms with Crippen molar-refractivity contribution in [3.63, 3.8) is 0 Å². The third-order valence-corrected chi connectivity index (χ3v) is 3.75. The second kappa shape index (κ2) is 9.04. The number of hydrogen-bond acceptors (Lipinski definition) is 3. The molecule has 0 radical (unpaired) electrons. The predicted molar refractivity (Wildman–Crippen MR) is 103 cm³/mol. The minimum atomic E-state index is -0.231. The monoisotopic (exact) mass is 354 g/mol. The fourth-order valence-electron chi connectivity index (χ4n) is 2.57. The maximum Gasteiger partial charge on any atom is 0.244 e. The zero-order valence-corrected chi connectivity index (χ0v) is 15.8. The lowest BCUT2D eigenvalue weighted by molar-refractivity contribution is -0.133. The lowest BCUT2D eigenvalue weighted by atomic mass is 10.1. The van der Waals surface area contributed by atoms with Crippen molar-refractivity contribution < 1.29 is 14.3 Å². The zero-order valence-electron chi connectivity index (χ0n) is 15.8. The van der Waals surface area contributed by atoms with Crippen LogP contribution in [0, 0.1) is 6.92 Å². The Morgan fingerprint density at radius 3 is 2.38 bits per heavy atom. The van der Waals surface area contributed by atoms with Gasteiger partial charge in [0.2, 0.25) is 11.8 Å². The highest BCUT2D eigenvalue weighted by Gasteiger charge is 2.14. The highest BCUT2D eigenvalue weighted by atomic mass is 16.5. The number of amides is 2. The Bertz CT molecular complexity index is 754. The number of nitrogens with zero attached hydrogens (tertiary/aromatic N) is 1. The number of ether oxygens (including phenoxy) is 1. The van der Waals surface area contributed by atoms with E-state index in [1.807, 2.05) is 57.2 Å². The summed E-state index contributed by atoms with van der Waals surface area (Å²) in [6.45, 7) is 7.81. The molecule has 5 heteroatoms. The molecular formula is C21H26N2O3. The van der Waals surface area contributed by atoms with E-state index in [-0.39, 0.29) is 24.5 Å². The normalized spacial score (nSPS) is 10.5. The summed E-state index contributed by atoms with van der Waals surface area (Å²) in [7, 11) is 0. The standard InChI is InChI=1S/C21H26N2O3/c1-15(2)26-20-10-8-19(9-11-20)22-21(25)14-23(17(4)24)13-18-7-5-6-16(3)12-18/h5-12,15H,13-14H2,1-4H3,(H,22,25). The van der Waals surface area contributed by atoms with Crippen molar-refractivity contribution in [1.82, 2.24) is 4.90 Å². The van der Waals surface area contributed by atoms with Crippen LogP contribution in [-0.2, 0) is 16.1 Å². The second-order valence-corrected chi connectivity index (χ2v) is 6.60. The molecule has 5 nitrogen and oxygen atoms in total. The van der Waals surface area contributed by atoms with E-state index in [0.29, 0.717) is 12.2 Å². The van der Waals surface area contributed by atoms with Crippen molar-refractivity contribution >= 4 is 17.5 Å². The average molecular weight is 354 g/mol. The summed E-state index contributed by atoms with van der Waals surface area (Å²) in [5, 5.41) is 2.82. The van der Waals surface area contributed by atoms with Gasteiger partial charge in [0.1, 0.15) is 12.3 Å². The Labute approximate surface area is 155 Å². The van der Waals surface area contributed by atoms with Gasteiger partial charge in [0, 0.05) is 19.2 Å². The van der Waals surface area contributed by atoms with Crippen LogP contribution in [0.25, 0.3) is 0 Å². The van der Waals surface area contributed by atoms with Crippen molar-refractivity contribution in [3.8, 4) is 5.75 Å². The van der Waals surface area contributed by atoms with Crippen LogP contribution in [0.4, 0.5) is 5.69 Å². The molecule has 0 aromatic heterocycles. The molecule has 0 heterocycles. The third kappa shape index (κ3) is 6.24. The van der Waals surface area contributed by atoms with Gasteiger partial charge >= 0.3 is 0 Å². The predicted octanol–water partition coefficient (Wildman–Crippen LogP) is 3.77. The van der Waals surface area contributed by atoms with E-state index in [2.05, 4.69) is 5.32 Å². The van der Waals surface area contributed by atoms with Gasteiger partial charge in [0.05, 0.1) is 6.10 Å². The van der Waals surface area contributed by atoms with Crippen molar-refractivity contribution in [2.24, 2.45) is 0 Å². The summed E-state index contributed by atoms with van der Waals surface area (Å²) in [6.07, 6.45) is 0.0983. The van der Waals surface area contributed by atoms with Crippen LogP contribution in [0.15, 0.2) is 48.5 Å². The Hall–Kier alpha value is -2.82. The van der Waals surface area contributed by atoms with E-state index >= 15 is 0 Å². The molecule has 2 aromatic rings. The molecular weight excluding hydrogens is 328 g/mol. The van der Waals surface area contributed by atoms with Crippen LogP contribution in [0.1, 0.15) is 31.9 Å². The van der Waals surface area contributed by atoms with E-state index in [1.165, 1.54) is 11.8 Å². The van der Waals surface area contributed by atoms with Gasteiger partial charge in [-0.25, -0.2) is 0 Å². The SMILES string of the molecule is CC(=O)N(CC(=O)Nc1ccc(OC(C)C)cc1)Cc1cccc(C)c1. The first kappa shape index (κ1) is 19.5. The maximum absolute atomic E-state index is 12.3. The molecule has 138 valence electrons. The van der Waals surface area contributed by atoms with Crippen molar-refractivity contribution in [1.29, 1.82) is 0 Å². The third-order valence-electron chi connectivity index (χ3n) is 3.75. The van der Waals surface area contributed by atoms with Crippen LogP contribution in [-0.4, -0.2) is 29.4 Å². The number of benzene rings is 2. The molecule has 2 rings (SSSR count). The first-order chi connectivity index (χ1) is 12.3. The highest BCUT2D eigenvalue weighted by Crippen LogP contribution is 2.17. The molecule has 0 aliphatic heterocycles. The lowest BCUT2D eigenvalue weighted by Crippen LogP contribution is -2.36. The van der Waals surface area contributed by atoms with Crippen molar-refractivity contribution in [2.75, 3.05) is 11.9 Å². The molecule has 0 unspecified atom stereocenters. The number of rotatable bonds is 7. The number of aryl methyl sites for hydroxylation is 1. The molecule has 0 fully saturated rings. The summed E-state index contributed by atoms with van der Waals surface area (Å²) < 4.78 is 5.58. The maximum atomic E-state index is 12.3. The van der Waals surface area contributed by atoms with Gasteiger partial charge in [-0.3, -0.25) is 9.59 Å². The Kier molecular flexibility index (Phi) is 6.78. The molecule has 0 spiro atoms. The summed E-state index contributed by atoms with van der Waals surface area (Å²) in [5.74, 6) is 0.385. The smallest absolute Gasteiger partial charge is 0.244 e. The zero-order chi connectivity index (χ0) is 19.1. The van der Waals surface area contributed by atoms with E-state index < -0.39 is 0 Å². The average Bonchev–Trinajstić information content (AvgIpc) is 2.55. The van der Waals surface area contributed by atoms with Gasteiger partial charge in [-0.05, 0) is 50.6 Å². The summed E-state index contributed by atoms with van der Waals surface area (Å²) in [4.78, 5) is 25.7. The number of carbonyl (C=O) groups is 2. The van der Waals surface area contributed by atoms with Crippen molar-refractivity contribution in [3.05, 3.63) is 59.7 Å². The molecule has 26 heavy (non-hydrogen) atoms. The largest absolute Gasteiger partial charge is 0.491 e. The second-order valence-electron chi connectivity index (χ2n) is 6.60. The molecule has 0 aliphatic carbocycles. The topological polar surface area (TPSA) is 58.6 Å². The van der Waals surface area contributed by atoms with E-state index in [1.54, 1.807) is 12.1 Å². The van der Waals surface area contributed by atoms with E-state index in [0.717, 1.165) is 16.9 Å². The highest BCUT2D eigenvalue weighted by molar-refractivity contribution is 5.94. The number of anilines is 1. The minimum Gasteiger partial charge on any atom is -0.491 e. The van der Waals surface area contributed by atoms with Gasteiger partial charge in [0.15, 0.2) is 0 Å². The van der Waals surface area contributed by atoms with Crippen LogP contribution in [0.3, 0.4) is 0 Å². The molecule has 0 saturated heterocycles. The number of carbonyl (C=O) groups excluding carboxylic acids is 2. The quantitative estimate of drug-likeness (QED) is 0.823. The summed E-state index contributed by atoms with van der Waals surface area (Å²) in [6, 6.07) is 15.1. The van der Waals surface area contributed by atoms with E-state index in [9.17, 15) is 9.59 Å². The van der Waals surface area contributed by atoms with E-state index in [4.69, 9.17) is 4.74 Å². The van der Waals surface area contributed by atoms with Crippen LogP contribution >= 0.6 is 0 Å². The molecule has 0 bridgehead atoms. The van der Waals surface area contributed by atoms with Crippen LogP contribution in [0.5, 0.6) is 5.75 Å².